The standard InChI is InChI=1S/C23H34N4/c1-17-7-6-11-23(2,3)19(17)9-13-27-14-10-20-18(16-27)15-25-22(26-20)21-8-4-5-12-24-21/h15H,4-14,16H2,1-3H3. The van der Waals surface area contributed by atoms with Crippen LogP contribution in [0.25, 0.3) is 0 Å². The number of nitrogens with zero attached hydrogens (tertiary/aromatic N) is 4. The SMILES string of the molecule is CC1=C(CCN2CCc3nc(C4=NCCCC4)ncc3C2)C(C)(C)CCC1. The second kappa shape index (κ2) is 7.83. The summed E-state index contributed by atoms with van der Waals surface area (Å²) in [6, 6.07) is 0. The molecule has 0 amide bonds. The number of aliphatic imine (C=N–C) groups is 1. The van der Waals surface area contributed by atoms with Crippen molar-refractivity contribution < 1.29 is 0 Å². The average molecular weight is 367 g/mol. The number of hydrogen-bond donors (Lipinski definition) is 0. The van der Waals surface area contributed by atoms with Crippen molar-refractivity contribution in [3.05, 3.63) is 34.4 Å². The van der Waals surface area contributed by atoms with Crippen molar-refractivity contribution in [2.24, 2.45) is 10.4 Å². The van der Waals surface area contributed by atoms with Crippen LogP contribution in [0.3, 0.4) is 0 Å². The number of aromatic nitrogens is 2. The monoisotopic (exact) mass is 366 g/mol. The second-order valence-electron chi connectivity index (χ2n) is 9.22. The molecule has 3 aliphatic rings. The van der Waals surface area contributed by atoms with Crippen molar-refractivity contribution in [2.45, 2.75) is 78.7 Å². The summed E-state index contributed by atoms with van der Waals surface area (Å²) in [5.74, 6) is 0.881. The molecule has 0 N–H and O–H groups in total. The fourth-order valence-electron chi connectivity index (χ4n) is 5.08. The van der Waals surface area contributed by atoms with Gasteiger partial charge in [-0.25, -0.2) is 9.97 Å². The molecule has 4 heteroatoms. The first-order chi connectivity index (χ1) is 13.0. The Hall–Kier alpha value is -1.55. The highest BCUT2D eigenvalue weighted by molar-refractivity contribution is 5.97. The first-order valence-electron chi connectivity index (χ1n) is 10.8. The summed E-state index contributed by atoms with van der Waals surface area (Å²) in [6.07, 6.45) is 11.8. The van der Waals surface area contributed by atoms with Gasteiger partial charge in [0.05, 0.1) is 11.4 Å². The molecule has 0 saturated carbocycles. The zero-order chi connectivity index (χ0) is 18.9. The van der Waals surface area contributed by atoms with Gasteiger partial charge in [-0.3, -0.25) is 9.89 Å². The summed E-state index contributed by atoms with van der Waals surface area (Å²) in [6.45, 7) is 11.4. The molecule has 0 saturated heterocycles. The third kappa shape index (κ3) is 4.16. The highest BCUT2D eigenvalue weighted by atomic mass is 15.1. The highest BCUT2D eigenvalue weighted by Gasteiger charge is 2.29. The number of allylic oxidation sites excluding steroid dienone is 1. The quantitative estimate of drug-likeness (QED) is 0.724. The maximum atomic E-state index is 4.88. The summed E-state index contributed by atoms with van der Waals surface area (Å²) in [7, 11) is 0. The molecule has 0 fully saturated rings. The molecule has 3 heterocycles. The van der Waals surface area contributed by atoms with E-state index in [1.165, 1.54) is 49.8 Å². The maximum absolute atomic E-state index is 4.88. The number of fused-ring (bicyclic) bond motifs is 1. The van der Waals surface area contributed by atoms with Crippen LogP contribution >= 0.6 is 0 Å². The van der Waals surface area contributed by atoms with Crippen LogP contribution in [-0.2, 0) is 13.0 Å². The molecule has 4 rings (SSSR count). The van der Waals surface area contributed by atoms with Crippen molar-refractivity contribution >= 4 is 5.71 Å². The van der Waals surface area contributed by atoms with Crippen molar-refractivity contribution in [3.8, 4) is 0 Å². The van der Waals surface area contributed by atoms with Crippen LogP contribution in [0.15, 0.2) is 22.3 Å². The number of rotatable bonds is 4. The van der Waals surface area contributed by atoms with Crippen LogP contribution in [0.4, 0.5) is 0 Å². The third-order valence-electron chi connectivity index (χ3n) is 6.76. The Morgan fingerprint density at radius 3 is 2.78 bits per heavy atom. The van der Waals surface area contributed by atoms with E-state index in [4.69, 9.17) is 4.98 Å². The smallest absolute Gasteiger partial charge is 0.173 e. The van der Waals surface area contributed by atoms with Crippen LogP contribution in [0.1, 0.15) is 82.8 Å². The molecule has 2 aliphatic heterocycles. The Balaban J connectivity index is 1.41. The Kier molecular flexibility index (Phi) is 5.45. The van der Waals surface area contributed by atoms with Gasteiger partial charge >= 0.3 is 0 Å². The van der Waals surface area contributed by atoms with Crippen molar-refractivity contribution in [3.63, 3.8) is 0 Å². The molecule has 27 heavy (non-hydrogen) atoms. The lowest BCUT2D eigenvalue weighted by Gasteiger charge is -2.36. The van der Waals surface area contributed by atoms with Gasteiger partial charge in [0.2, 0.25) is 0 Å². The topological polar surface area (TPSA) is 41.4 Å². The first kappa shape index (κ1) is 18.8. The van der Waals surface area contributed by atoms with Gasteiger partial charge in [-0.1, -0.05) is 25.0 Å². The lowest BCUT2D eigenvalue weighted by molar-refractivity contribution is 0.242. The van der Waals surface area contributed by atoms with Crippen molar-refractivity contribution in [1.82, 2.24) is 14.9 Å². The first-order valence-corrected chi connectivity index (χ1v) is 10.8. The van der Waals surface area contributed by atoms with E-state index in [2.05, 4.69) is 41.8 Å². The Bertz CT molecular complexity index is 760. The molecule has 0 atom stereocenters. The minimum Gasteiger partial charge on any atom is -0.298 e. The number of hydrogen-bond acceptors (Lipinski definition) is 4. The van der Waals surface area contributed by atoms with Crippen LogP contribution in [0.2, 0.25) is 0 Å². The van der Waals surface area contributed by atoms with E-state index in [1.54, 1.807) is 11.1 Å². The zero-order valence-corrected chi connectivity index (χ0v) is 17.4. The Labute approximate surface area is 164 Å². The molecule has 0 unspecified atom stereocenters. The summed E-state index contributed by atoms with van der Waals surface area (Å²) >= 11 is 0. The molecule has 0 spiro atoms. The van der Waals surface area contributed by atoms with Crippen LogP contribution in [-0.4, -0.2) is 40.2 Å². The van der Waals surface area contributed by atoms with Gasteiger partial charge in [-0.15, -0.1) is 0 Å². The maximum Gasteiger partial charge on any atom is 0.173 e. The van der Waals surface area contributed by atoms with Gasteiger partial charge in [0, 0.05) is 44.4 Å². The molecule has 1 aromatic rings. The summed E-state index contributed by atoms with van der Waals surface area (Å²) in [5, 5.41) is 0. The molecule has 0 aromatic carbocycles. The predicted molar refractivity (Wildman–Crippen MR) is 111 cm³/mol. The molecule has 4 nitrogen and oxygen atoms in total. The van der Waals surface area contributed by atoms with Crippen LogP contribution < -0.4 is 0 Å². The van der Waals surface area contributed by atoms with E-state index in [1.807, 2.05) is 0 Å². The minimum atomic E-state index is 0.384. The van der Waals surface area contributed by atoms with Crippen LogP contribution in [0.5, 0.6) is 0 Å². The summed E-state index contributed by atoms with van der Waals surface area (Å²) in [4.78, 5) is 16.8. The van der Waals surface area contributed by atoms with Crippen molar-refractivity contribution in [2.75, 3.05) is 19.6 Å². The predicted octanol–water partition coefficient (Wildman–Crippen LogP) is 4.72. The fraction of sp³-hybridized carbons (Fsp3) is 0.696. The summed E-state index contributed by atoms with van der Waals surface area (Å²) in [5.41, 5.74) is 7.42. The van der Waals surface area contributed by atoms with E-state index < -0.39 is 0 Å². The van der Waals surface area contributed by atoms with Gasteiger partial charge in [0.15, 0.2) is 5.82 Å². The van der Waals surface area contributed by atoms with Gasteiger partial charge < -0.3 is 0 Å². The molecule has 0 bridgehead atoms. The third-order valence-corrected chi connectivity index (χ3v) is 6.76. The van der Waals surface area contributed by atoms with E-state index >= 15 is 0 Å². The molecular formula is C23H34N4. The van der Waals surface area contributed by atoms with E-state index in [0.717, 1.165) is 50.6 Å². The molecule has 1 aliphatic carbocycles. The minimum absolute atomic E-state index is 0.384. The average Bonchev–Trinajstić information content (AvgIpc) is 2.67. The van der Waals surface area contributed by atoms with E-state index in [-0.39, 0.29) is 0 Å². The Morgan fingerprint density at radius 1 is 1.11 bits per heavy atom. The van der Waals surface area contributed by atoms with Gasteiger partial charge in [0.1, 0.15) is 0 Å². The lowest BCUT2D eigenvalue weighted by atomic mass is 9.71. The largest absolute Gasteiger partial charge is 0.298 e. The molecular weight excluding hydrogens is 332 g/mol. The fourth-order valence-corrected chi connectivity index (χ4v) is 5.08. The molecule has 146 valence electrons. The lowest BCUT2D eigenvalue weighted by Crippen LogP contribution is -2.34. The van der Waals surface area contributed by atoms with Gasteiger partial charge in [-0.2, -0.15) is 0 Å². The molecule has 0 radical (unpaired) electrons. The second-order valence-corrected chi connectivity index (χ2v) is 9.22. The zero-order valence-electron chi connectivity index (χ0n) is 17.4. The highest BCUT2D eigenvalue weighted by Crippen LogP contribution is 2.41. The normalized spacial score (nSPS) is 23.1. The Morgan fingerprint density at radius 2 is 2.00 bits per heavy atom. The van der Waals surface area contributed by atoms with E-state index in [9.17, 15) is 0 Å². The summed E-state index contributed by atoms with van der Waals surface area (Å²) < 4.78 is 0. The van der Waals surface area contributed by atoms with Gasteiger partial charge in [-0.05, 0) is 57.3 Å². The van der Waals surface area contributed by atoms with E-state index in [0.29, 0.717) is 5.41 Å². The van der Waals surface area contributed by atoms with Crippen molar-refractivity contribution in [1.29, 1.82) is 0 Å². The van der Waals surface area contributed by atoms with Gasteiger partial charge in [0.25, 0.3) is 0 Å². The van der Waals surface area contributed by atoms with Crippen LogP contribution in [0, 0.1) is 5.41 Å². The molecule has 1 aromatic heterocycles.